The molecule has 20 heavy (non-hydrogen) atoms. The maximum Gasteiger partial charge on any atom is 0.257 e. The van der Waals surface area contributed by atoms with Crippen LogP contribution in [0, 0.1) is 18.3 Å². The minimum atomic E-state index is 0.283. The van der Waals surface area contributed by atoms with Crippen molar-refractivity contribution in [1.29, 1.82) is 5.26 Å². The molecule has 0 N–H and O–H groups in total. The second kappa shape index (κ2) is 6.16. The average molecular weight is 267 g/mol. The third-order valence-corrected chi connectivity index (χ3v) is 3.16. The van der Waals surface area contributed by atoms with E-state index in [1.165, 1.54) is 0 Å². The van der Waals surface area contributed by atoms with E-state index < -0.39 is 0 Å². The van der Waals surface area contributed by atoms with E-state index >= 15 is 0 Å². The molecule has 102 valence electrons. The molecule has 4 nitrogen and oxygen atoms in total. The van der Waals surface area contributed by atoms with Gasteiger partial charge in [-0.15, -0.1) is 5.10 Å². The summed E-state index contributed by atoms with van der Waals surface area (Å²) in [5.41, 5.74) is 3.42. The lowest BCUT2D eigenvalue weighted by Gasteiger charge is -2.11. The number of hydrogen-bond donors (Lipinski definition) is 0. The fourth-order valence-corrected chi connectivity index (χ4v) is 2.06. The molecule has 2 rings (SSSR count). The first kappa shape index (κ1) is 14.0. The summed E-state index contributed by atoms with van der Waals surface area (Å²) >= 11 is 0. The minimum absolute atomic E-state index is 0.283. The van der Waals surface area contributed by atoms with Gasteiger partial charge in [-0.05, 0) is 37.5 Å². The second-order valence-corrected chi connectivity index (χ2v) is 4.54. The predicted octanol–water partition coefficient (Wildman–Crippen LogP) is 3.57. The lowest BCUT2D eigenvalue weighted by molar-refractivity contribution is 0.450. The van der Waals surface area contributed by atoms with Gasteiger partial charge in [0.15, 0.2) is 0 Å². The Balaban J connectivity index is 2.42. The number of benzene rings is 1. The van der Waals surface area contributed by atoms with Crippen LogP contribution in [0.5, 0.6) is 11.6 Å². The first-order chi connectivity index (χ1) is 9.69. The van der Waals surface area contributed by atoms with Gasteiger partial charge < -0.3 is 4.74 Å². The van der Waals surface area contributed by atoms with Gasteiger partial charge in [0.2, 0.25) is 0 Å². The topological polar surface area (TPSA) is 58.8 Å². The van der Waals surface area contributed by atoms with Crippen molar-refractivity contribution in [3.63, 3.8) is 0 Å². The Morgan fingerprint density at radius 3 is 2.35 bits per heavy atom. The molecular formula is C16H17N3O. The highest BCUT2D eigenvalue weighted by Crippen LogP contribution is 2.26. The van der Waals surface area contributed by atoms with Gasteiger partial charge in [-0.3, -0.25) is 0 Å². The molecule has 2 aromatic rings. The third kappa shape index (κ3) is 2.77. The largest absolute Gasteiger partial charge is 0.437 e. The summed E-state index contributed by atoms with van der Waals surface area (Å²) < 4.78 is 5.70. The van der Waals surface area contributed by atoms with Crippen molar-refractivity contribution >= 4 is 0 Å². The highest BCUT2D eigenvalue weighted by atomic mass is 16.5. The normalized spacial score (nSPS) is 10.1. The van der Waals surface area contributed by atoms with Crippen LogP contribution in [0.15, 0.2) is 24.3 Å². The molecule has 1 aromatic carbocycles. The number of nitriles is 1. The molecular weight excluding hydrogens is 250 g/mol. The van der Waals surface area contributed by atoms with E-state index in [2.05, 4.69) is 16.3 Å². The molecule has 0 saturated heterocycles. The van der Waals surface area contributed by atoms with Crippen molar-refractivity contribution in [2.24, 2.45) is 0 Å². The van der Waals surface area contributed by atoms with Crippen LogP contribution in [-0.2, 0) is 12.8 Å². The van der Waals surface area contributed by atoms with E-state index in [0.717, 1.165) is 29.7 Å². The Bertz CT molecular complexity index is 642. The first-order valence-corrected chi connectivity index (χ1v) is 6.72. The highest BCUT2D eigenvalue weighted by molar-refractivity contribution is 5.47. The van der Waals surface area contributed by atoms with Crippen LogP contribution in [0.2, 0.25) is 0 Å². The first-order valence-electron chi connectivity index (χ1n) is 6.72. The van der Waals surface area contributed by atoms with Gasteiger partial charge in [0.05, 0.1) is 5.69 Å². The van der Waals surface area contributed by atoms with Crippen LogP contribution in [0.1, 0.15) is 36.2 Å². The SMILES string of the molecule is CCc1nnc(Oc2ccc(C)cc2)c(C#N)c1CC. The van der Waals surface area contributed by atoms with Crippen molar-refractivity contribution in [1.82, 2.24) is 10.2 Å². The van der Waals surface area contributed by atoms with Crippen LogP contribution in [0.25, 0.3) is 0 Å². The Morgan fingerprint density at radius 2 is 1.80 bits per heavy atom. The molecule has 1 aromatic heterocycles. The van der Waals surface area contributed by atoms with Crippen LogP contribution in [-0.4, -0.2) is 10.2 Å². The van der Waals surface area contributed by atoms with Gasteiger partial charge in [0.25, 0.3) is 5.88 Å². The maximum atomic E-state index is 9.37. The van der Waals surface area contributed by atoms with Crippen molar-refractivity contribution in [2.75, 3.05) is 0 Å². The molecule has 0 aliphatic rings. The number of aryl methyl sites for hydroxylation is 2. The van der Waals surface area contributed by atoms with Crippen LogP contribution >= 0.6 is 0 Å². The van der Waals surface area contributed by atoms with Gasteiger partial charge in [-0.2, -0.15) is 10.4 Å². The summed E-state index contributed by atoms with van der Waals surface area (Å²) in [6.45, 7) is 6.02. The van der Waals surface area contributed by atoms with Gasteiger partial charge in [-0.25, -0.2) is 0 Å². The number of hydrogen-bond acceptors (Lipinski definition) is 4. The number of ether oxygens (including phenoxy) is 1. The molecule has 0 spiro atoms. The molecule has 4 heteroatoms. The standard InChI is InChI=1S/C16H17N3O/c1-4-13-14(10-17)16(19-18-15(13)5-2)20-12-8-6-11(3)7-9-12/h6-9H,4-5H2,1-3H3. The monoisotopic (exact) mass is 267 g/mol. The molecule has 1 heterocycles. The van der Waals surface area contributed by atoms with E-state index in [0.29, 0.717) is 11.3 Å². The molecule has 0 aliphatic carbocycles. The maximum absolute atomic E-state index is 9.37. The minimum Gasteiger partial charge on any atom is -0.437 e. The summed E-state index contributed by atoms with van der Waals surface area (Å²) in [5, 5.41) is 17.6. The number of aromatic nitrogens is 2. The van der Waals surface area contributed by atoms with Crippen molar-refractivity contribution in [3.8, 4) is 17.7 Å². The van der Waals surface area contributed by atoms with E-state index in [-0.39, 0.29) is 5.88 Å². The van der Waals surface area contributed by atoms with Gasteiger partial charge in [0, 0.05) is 0 Å². The zero-order chi connectivity index (χ0) is 14.5. The Hall–Kier alpha value is -2.41. The summed E-state index contributed by atoms with van der Waals surface area (Å²) in [4.78, 5) is 0. The Labute approximate surface area is 119 Å². The van der Waals surface area contributed by atoms with Gasteiger partial charge >= 0.3 is 0 Å². The molecule has 0 radical (unpaired) electrons. The zero-order valence-electron chi connectivity index (χ0n) is 12.0. The Kier molecular flexibility index (Phi) is 4.31. The quantitative estimate of drug-likeness (QED) is 0.849. The van der Waals surface area contributed by atoms with Crippen molar-refractivity contribution in [3.05, 3.63) is 46.6 Å². The van der Waals surface area contributed by atoms with E-state index in [9.17, 15) is 5.26 Å². The van der Waals surface area contributed by atoms with E-state index in [4.69, 9.17) is 4.74 Å². The summed E-state index contributed by atoms with van der Waals surface area (Å²) in [5.74, 6) is 0.943. The molecule has 0 atom stereocenters. The van der Waals surface area contributed by atoms with Crippen molar-refractivity contribution < 1.29 is 4.74 Å². The second-order valence-electron chi connectivity index (χ2n) is 4.54. The fourth-order valence-electron chi connectivity index (χ4n) is 2.06. The lowest BCUT2D eigenvalue weighted by Crippen LogP contribution is -2.05. The van der Waals surface area contributed by atoms with E-state index in [1.54, 1.807) is 0 Å². The smallest absolute Gasteiger partial charge is 0.257 e. The predicted molar refractivity (Wildman–Crippen MR) is 76.8 cm³/mol. The molecule has 0 saturated carbocycles. The van der Waals surface area contributed by atoms with Crippen LogP contribution < -0.4 is 4.74 Å². The Morgan fingerprint density at radius 1 is 1.10 bits per heavy atom. The number of rotatable bonds is 4. The van der Waals surface area contributed by atoms with E-state index in [1.807, 2.05) is 45.0 Å². The molecule has 0 bridgehead atoms. The highest BCUT2D eigenvalue weighted by Gasteiger charge is 2.15. The average Bonchev–Trinajstić information content (AvgIpc) is 2.48. The summed E-state index contributed by atoms with van der Waals surface area (Å²) in [6.07, 6.45) is 1.50. The van der Waals surface area contributed by atoms with Crippen LogP contribution in [0.4, 0.5) is 0 Å². The molecule has 0 amide bonds. The van der Waals surface area contributed by atoms with Crippen LogP contribution in [0.3, 0.4) is 0 Å². The van der Waals surface area contributed by atoms with Gasteiger partial charge in [-0.1, -0.05) is 31.5 Å². The zero-order valence-corrected chi connectivity index (χ0v) is 12.0. The van der Waals surface area contributed by atoms with Crippen molar-refractivity contribution in [2.45, 2.75) is 33.6 Å². The molecule has 0 fully saturated rings. The van der Waals surface area contributed by atoms with Gasteiger partial charge in [0.1, 0.15) is 17.4 Å². The molecule has 0 unspecified atom stereocenters. The fraction of sp³-hybridized carbons (Fsp3) is 0.312. The number of nitrogens with zero attached hydrogens (tertiary/aromatic N) is 3. The third-order valence-electron chi connectivity index (χ3n) is 3.16. The summed E-state index contributed by atoms with van der Waals surface area (Å²) in [7, 11) is 0. The molecule has 0 aliphatic heterocycles. The summed E-state index contributed by atoms with van der Waals surface area (Å²) in [6, 6.07) is 9.82. The lowest BCUT2D eigenvalue weighted by atomic mass is 10.0.